The Morgan fingerprint density at radius 2 is 1.54 bits per heavy atom. The molecule has 5 heteroatoms. The number of hydrogen-bond donors (Lipinski definition) is 1. The van der Waals surface area contributed by atoms with E-state index in [0.29, 0.717) is 6.42 Å². The minimum absolute atomic E-state index is 0. The van der Waals surface area contributed by atoms with Crippen molar-refractivity contribution in [2.75, 3.05) is 5.75 Å². The Morgan fingerprint density at radius 3 is 2.00 bits per heavy atom. The van der Waals surface area contributed by atoms with Gasteiger partial charge in [-0.1, -0.05) is 39.0 Å². The molecule has 0 heterocycles. The first kappa shape index (κ1) is 16.1. The predicted molar refractivity (Wildman–Crippen MR) is 57.8 cm³/mol. The van der Waals surface area contributed by atoms with Gasteiger partial charge in [-0.2, -0.15) is 8.42 Å². The van der Waals surface area contributed by atoms with Crippen molar-refractivity contribution in [2.24, 2.45) is 0 Å². The first-order valence-electron chi connectivity index (χ1n) is 4.51. The van der Waals surface area contributed by atoms with E-state index in [9.17, 15) is 8.42 Å². The molecule has 0 aliphatic rings. The molecular formula is C8H20MgO3S. The Kier molecular flexibility index (Phi) is 11.5. The van der Waals surface area contributed by atoms with Crippen LogP contribution in [0.4, 0.5) is 0 Å². The summed E-state index contributed by atoms with van der Waals surface area (Å²) < 4.78 is 28.9. The molecule has 3 nitrogen and oxygen atoms in total. The molecule has 0 amide bonds. The average Bonchev–Trinajstić information content (AvgIpc) is 1.94. The van der Waals surface area contributed by atoms with Crippen molar-refractivity contribution in [2.45, 2.75) is 45.4 Å². The zero-order chi connectivity index (χ0) is 9.45. The molecular weight excluding hydrogens is 200 g/mol. The molecule has 0 fully saturated rings. The summed E-state index contributed by atoms with van der Waals surface area (Å²) >= 11 is 0. The van der Waals surface area contributed by atoms with Crippen LogP contribution in [-0.4, -0.2) is 41.8 Å². The van der Waals surface area contributed by atoms with Crippen molar-refractivity contribution < 1.29 is 15.8 Å². The van der Waals surface area contributed by atoms with Gasteiger partial charge in [-0.25, -0.2) is 0 Å². The fraction of sp³-hybridized carbons (Fsp3) is 1.00. The van der Waals surface area contributed by atoms with E-state index in [2.05, 4.69) is 6.92 Å². The number of rotatable bonds is 7. The normalized spacial score (nSPS) is 10.9. The quantitative estimate of drug-likeness (QED) is 0.406. The summed E-state index contributed by atoms with van der Waals surface area (Å²) in [4.78, 5) is 0. The van der Waals surface area contributed by atoms with E-state index in [-0.39, 0.29) is 31.7 Å². The van der Waals surface area contributed by atoms with E-state index in [4.69, 9.17) is 4.55 Å². The Morgan fingerprint density at radius 1 is 1.08 bits per heavy atom. The molecule has 0 unspecified atom stereocenters. The van der Waals surface area contributed by atoms with Crippen LogP contribution in [0.3, 0.4) is 0 Å². The third kappa shape index (κ3) is 15.4. The van der Waals surface area contributed by atoms with E-state index in [1.165, 1.54) is 19.3 Å². The first-order valence-corrected chi connectivity index (χ1v) is 6.12. The summed E-state index contributed by atoms with van der Waals surface area (Å²) in [6.45, 7) is 2.14. The van der Waals surface area contributed by atoms with Crippen LogP contribution in [0.5, 0.6) is 0 Å². The predicted octanol–water partition coefficient (Wildman–Crippen LogP) is 2.08. The second-order valence-corrected chi connectivity index (χ2v) is 4.63. The van der Waals surface area contributed by atoms with Crippen LogP contribution in [0.25, 0.3) is 0 Å². The van der Waals surface area contributed by atoms with Crippen molar-refractivity contribution in [1.82, 2.24) is 0 Å². The van der Waals surface area contributed by atoms with E-state index >= 15 is 0 Å². The molecule has 0 spiro atoms. The maximum Gasteiger partial charge on any atom is 2.00 e. The SMILES string of the molecule is CCCCCCCCS(=O)(=O)O.[H-].[H-].[Mg+2]. The van der Waals surface area contributed by atoms with Crippen LogP contribution in [0, 0.1) is 0 Å². The van der Waals surface area contributed by atoms with Crippen LogP contribution in [-0.2, 0) is 10.1 Å². The third-order valence-corrected chi connectivity index (χ3v) is 2.56. The van der Waals surface area contributed by atoms with Crippen LogP contribution in [0.1, 0.15) is 48.3 Å². The molecule has 0 saturated heterocycles. The van der Waals surface area contributed by atoms with Gasteiger partial charge in [0.25, 0.3) is 10.1 Å². The summed E-state index contributed by atoms with van der Waals surface area (Å²) in [5.74, 6) is -0.0842. The fourth-order valence-electron chi connectivity index (χ4n) is 1.06. The zero-order valence-corrected chi connectivity index (χ0v) is 10.6. The third-order valence-electron chi connectivity index (χ3n) is 1.76. The summed E-state index contributed by atoms with van der Waals surface area (Å²) in [6.07, 6.45) is 6.14. The van der Waals surface area contributed by atoms with Gasteiger partial charge < -0.3 is 2.85 Å². The smallest absolute Gasteiger partial charge is 1.00 e. The molecule has 0 saturated carbocycles. The molecule has 0 atom stereocenters. The van der Waals surface area contributed by atoms with Gasteiger partial charge >= 0.3 is 23.1 Å². The molecule has 0 aromatic heterocycles. The monoisotopic (exact) mass is 220 g/mol. The minimum atomic E-state index is -3.72. The molecule has 0 aromatic rings. The van der Waals surface area contributed by atoms with Crippen molar-refractivity contribution in [3.05, 3.63) is 0 Å². The Hall–Kier alpha value is 0.676. The first-order chi connectivity index (χ1) is 5.56. The van der Waals surface area contributed by atoms with Gasteiger partial charge in [0.15, 0.2) is 0 Å². The van der Waals surface area contributed by atoms with Crippen molar-refractivity contribution >= 4 is 33.2 Å². The van der Waals surface area contributed by atoms with Crippen LogP contribution < -0.4 is 0 Å². The van der Waals surface area contributed by atoms with Crippen molar-refractivity contribution in [1.29, 1.82) is 0 Å². The van der Waals surface area contributed by atoms with Crippen LogP contribution in [0.2, 0.25) is 0 Å². The van der Waals surface area contributed by atoms with Crippen LogP contribution in [0.15, 0.2) is 0 Å². The minimum Gasteiger partial charge on any atom is -1.00 e. The Balaban J connectivity index is -0.000000202. The topological polar surface area (TPSA) is 54.4 Å². The van der Waals surface area contributed by atoms with Gasteiger partial charge in [-0.3, -0.25) is 4.55 Å². The van der Waals surface area contributed by atoms with Crippen molar-refractivity contribution in [3.63, 3.8) is 0 Å². The summed E-state index contributed by atoms with van der Waals surface area (Å²) in [7, 11) is -3.72. The Labute approximate surface area is 100 Å². The zero-order valence-electron chi connectivity index (χ0n) is 10.3. The van der Waals surface area contributed by atoms with Gasteiger partial charge in [0.2, 0.25) is 0 Å². The van der Waals surface area contributed by atoms with Crippen LogP contribution >= 0.6 is 0 Å². The standard InChI is InChI=1S/C8H18O3S.Mg.2H/c1-2-3-4-5-6-7-8-12(9,10)11;;;/h2-8H2,1H3,(H,9,10,11);;;/q;+2;2*-1. The Bertz CT molecular complexity index is 198. The van der Waals surface area contributed by atoms with Gasteiger partial charge in [0, 0.05) is 0 Å². The molecule has 0 bridgehead atoms. The number of unbranched alkanes of at least 4 members (excludes halogenated alkanes) is 5. The van der Waals surface area contributed by atoms with Gasteiger partial charge in [0.1, 0.15) is 0 Å². The molecule has 0 radical (unpaired) electrons. The van der Waals surface area contributed by atoms with Gasteiger partial charge in [0.05, 0.1) is 5.75 Å². The fourth-order valence-corrected chi connectivity index (χ4v) is 1.63. The maximum absolute atomic E-state index is 10.3. The molecule has 0 rings (SSSR count). The van der Waals surface area contributed by atoms with Gasteiger partial charge in [-0.05, 0) is 6.42 Å². The van der Waals surface area contributed by atoms with Gasteiger partial charge in [-0.15, -0.1) is 0 Å². The molecule has 13 heavy (non-hydrogen) atoms. The van der Waals surface area contributed by atoms with E-state index in [1.54, 1.807) is 0 Å². The van der Waals surface area contributed by atoms with E-state index < -0.39 is 10.1 Å². The largest absolute Gasteiger partial charge is 2.00 e. The molecule has 78 valence electrons. The maximum atomic E-state index is 10.3. The second-order valence-electron chi connectivity index (χ2n) is 3.05. The molecule has 0 aromatic carbocycles. The molecule has 0 aliphatic carbocycles. The van der Waals surface area contributed by atoms with E-state index in [1.807, 2.05) is 0 Å². The molecule has 0 aliphatic heterocycles. The second kappa shape index (κ2) is 9.24. The summed E-state index contributed by atoms with van der Waals surface area (Å²) in [5.41, 5.74) is 0. The summed E-state index contributed by atoms with van der Waals surface area (Å²) in [5, 5.41) is 0. The number of hydrogen-bond acceptors (Lipinski definition) is 2. The average molecular weight is 221 g/mol. The molecule has 1 N–H and O–H groups in total. The summed E-state index contributed by atoms with van der Waals surface area (Å²) in [6, 6.07) is 0. The van der Waals surface area contributed by atoms with Crippen molar-refractivity contribution in [3.8, 4) is 0 Å². The van der Waals surface area contributed by atoms with E-state index in [0.717, 1.165) is 12.8 Å².